The maximum atomic E-state index is 10.2. The van der Waals surface area contributed by atoms with Gasteiger partial charge in [-0.1, -0.05) is 11.6 Å². The zero-order valence-electron chi connectivity index (χ0n) is 3.85. The summed E-state index contributed by atoms with van der Waals surface area (Å²) in [6.07, 6.45) is 0. The van der Waals surface area contributed by atoms with Gasteiger partial charge in [-0.3, -0.25) is 0 Å². The number of carbonyl (C=O) groups excluding carboxylic acids is 1. The molecule has 0 amide bonds. The van der Waals surface area contributed by atoms with Crippen molar-refractivity contribution in [3.05, 3.63) is 10.8 Å². The number of hydrogen-bond acceptors (Lipinski definition) is 3. The van der Waals surface area contributed by atoms with Gasteiger partial charge in [0.05, 0.1) is 0 Å². The number of carbonyl (C=O) groups is 1. The lowest BCUT2D eigenvalue weighted by Gasteiger charge is -1.84. The Balaban J connectivity index is 2.86. The van der Waals surface area contributed by atoms with Gasteiger partial charge in [-0.2, -0.15) is 0 Å². The smallest absolute Gasteiger partial charge is 0.353 e. The van der Waals surface area contributed by atoms with Gasteiger partial charge in [0.15, 0.2) is 17.4 Å². The average molecular weight is 135 g/mol. The second-order valence-electron chi connectivity index (χ2n) is 1.34. The Labute approximate surface area is 50.5 Å². The summed E-state index contributed by atoms with van der Waals surface area (Å²) >= 11 is 5.17. The van der Waals surface area contributed by atoms with Crippen LogP contribution in [0.4, 0.5) is 0 Å². The largest absolute Gasteiger partial charge is 0.507 e. The van der Waals surface area contributed by atoms with Crippen LogP contribution in [0.3, 0.4) is 0 Å². The van der Waals surface area contributed by atoms with Crippen LogP contribution < -0.4 is 0 Å². The molecule has 0 bridgehead atoms. The van der Waals surface area contributed by atoms with Crippen LogP contribution in [0, 0.1) is 0 Å². The van der Waals surface area contributed by atoms with Crippen LogP contribution in [0.2, 0.25) is 0 Å². The zero-order valence-corrected chi connectivity index (χ0v) is 4.60. The molecule has 1 heterocycles. The Morgan fingerprint density at radius 2 is 2.38 bits per heavy atom. The van der Waals surface area contributed by atoms with Crippen LogP contribution in [0.1, 0.15) is 0 Å². The quantitative estimate of drug-likeness (QED) is 0.492. The minimum absolute atomic E-state index is 0.0856. The topological polar surface area (TPSA) is 46.5 Å². The van der Waals surface area contributed by atoms with Crippen LogP contribution >= 0.6 is 11.6 Å². The number of esters is 1. The van der Waals surface area contributed by atoms with Crippen LogP contribution in [-0.2, 0) is 9.53 Å². The fourth-order valence-electron chi connectivity index (χ4n) is 0.378. The van der Waals surface area contributed by atoms with Crippen molar-refractivity contribution in [3.8, 4) is 0 Å². The standard InChI is InChI=1S/C4H3ClO3/c5-3-2(6)1-8-4(3)7/h6H,1H2. The molecule has 0 spiro atoms. The fraction of sp³-hybridized carbons (Fsp3) is 0.250. The number of rotatable bonds is 0. The van der Waals surface area contributed by atoms with Gasteiger partial charge >= 0.3 is 5.97 Å². The first-order chi connectivity index (χ1) is 3.72. The predicted molar refractivity (Wildman–Crippen MR) is 26.5 cm³/mol. The molecule has 0 saturated carbocycles. The molecule has 8 heavy (non-hydrogen) atoms. The molecule has 0 aromatic heterocycles. The van der Waals surface area contributed by atoms with E-state index in [0.717, 1.165) is 0 Å². The summed E-state index contributed by atoms with van der Waals surface area (Å²) < 4.78 is 4.28. The van der Waals surface area contributed by atoms with Crippen molar-refractivity contribution >= 4 is 17.6 Å². The van der Waals surface area contributed by atoms with E-state index in [0.29, 0.717) is 0 Å². The lowest BCUT2D eigenvalue weighted by atomic mass is 10.5. The molecule has 1 N–H and O–H groups in total. The highest BCUT2D eigenvalue weighted by Gasteiger charge is 2.21. The summed E-state index contributed by atoms with van der Waals surface area (Å²) in [5, 5.41) is 8.37. The molecule has 0 unspecified atom stereocenters. The Bertz CT molecular complexity index is 161. The number of cyclic esters (lactones) is 1. The van der Waals surface area contributed by atoms with Gasteiger partial charge in [-0.25, -0.2) is 4.79 Å². The molecule has 0 aliphatic carbocycles. The maximum Gasteiger partial charge on any atom is 0.353 e. The Kier molecular flexibility index (Phi) is 1.13. The zero-order chi connectivity index (χ0) is 6.15. The Hall–Kier alpha value is -0.700. The molecule has 4 heteroatoms. The fourth-order valence-corrected chi connectivity index (χ4v) is 0.488. The van der Waals surface area contributed by atoms with Crippen LogP contribution in [-0.4, -0.2) is 17.7 Å². The van der Waals surface area contributed by atoms with Gasteiger partial charge in [0.1, 0.15) is 0 Å². The summed E-state index contributed by atoms with van der Waals surface area (Å²) in [6, 6.07) is 0. The second-order valence-corrected chi connectivity index (χ2v) is 1.71. The molecule has 1 rings (SSSR count). The van der Waals surface area contributed by atoms with E-state index in [4.69, 9.17) is 16.7 Å². The maximum absolute atomic E-state index is 10.2. The van der Waals surface area contributed by atoms with Crippen LogP contribution in [0.15, 0.2) is 10.8 Å². The van der Waals surface area contributed by atoms with Gasteiger partial charge in [0.25, 0.3) is 0 Å². The molecule has 1 aliphatic heterocycles. The third-order valence-corrected chi connectivity index (χ3v) is 1.15. The minimum Gasteiger partial charge on any atom is -0.507 e. The van der Waals surface area contributed by atoms with Crippen molar-refractivity contribution in [2.75, 3.05) is 6.61 Å². The molecule has 0 aromatic carbocycles. The summed E-state index contributed by atoms with van der Waals surface area (Å²) in [5.74, 6) is -0.833. The highest BCUT2D eigenvalue weighted by Crippen LogP contribution is 2.15. The van der Waals surface area contributed by atoms with Crippen molar-refractivity contribution in [3.63, 3.8) is 0 Å². The van der Waals surface area contributed by atoms with Crippen molar-refractivity contribution in [2.45, 2.75) is 0 Å². The van der Waals surface area contributed by atoms with Gasteiger partial charge < -0.3 is 9.84 Å². The van der Waals surface area contributed by atoms with Crippen LogP contribution in [0.25, 0.3) is 0 Å². The van der Waals surface area contributed by atoms with E-state index in [9.17, 15) is 4.79 Å². The number of aliphatic hydroxyl groups excluding tert-OH is 1. The van der Waals surface area contributed by atoms with Gasteiger partial charge in [-0.15, -0.1) is 0 Å². The van der Waals surface area contributed by atoms with E-state index in [1.807, 2.05) is 0 Å². The molecule has 3 nitrogen and oxygen atoms in total. The van der Waals surface area contributed by atoms with E-state index in [1.54, 1.807) is 0 Å². The van der Waals surface area contributed by atoms with E-state index in [1.165, 1.54) is 0 Å². The summed E-state index contributed by atoms with van der Waals surface area (Å²) in [5.41, 5.74) is 0. The lowest BCUT2D eigenvalue weighted by molar-refractivity contribution is -0.135. The van der Waals surface area contributed by atoms with Crippen molar-refractivity contribution in [1.29, 1.82) is 0 Å². The van der Waals surface area contributed by atoms with Gasteiger partial charge in [-0.05, 0) is 0 Å². The van der Waals surface area contributed by atoms with E-state index in [-0.39, 0.29) is 17.4 Å². The summed E-state index contributed by atoms with van der Waals surface area (Å²) in [6.45, 7) is -0.0856. The van der Waals surface area contributed by atoms with Crippen LogP contribution in [0.5, 0.6) is 0 Å². The molecule has 0 atom stereocenters. The number of hydrogen-bond donors (Lipinski definition) is 1. The molecule has 0 radical (unpaired) electrons. The van der Waals surface area contributed by atoms with Gasteiger partial charge in [0, 0.05) is 0 Å². The number of aliphatic hydroxyl groups is 1. The molecule has 44 valence electrons. The first-order valence-corrected chi connectivity index (χ1v) is 2.34. The van der Waals surface area contributed by atoms with E-state index in [2.05, 4.69) is 4.74 Å². The van der Waals surface area contributed by atoms with E-state index < -0.39 is 5.97 Å². The van der Waals surface area contributed by atoms with Crippen molar-refractivity contribution < 1.29 is 14.6 Å². The lowest BCUT2D eigenvalue weighted by Crippen LogP contribution is -1.93. The summed E-state index contributed by atoms with van der Waals surface area (Å²) in [4.78, 5) is 10.2. The SMILES string of the molecule is O=C1OCC(O)=C1Cl. The number of halogens is 1. The molecule has 1 aliphatic rings. The molecular formula is C4H3ClO3. The Morgan fingerprint density at radius 3 is 2.50 bits per heavy atom. The summed E-state index contributed by atoms with van der Waals surface area (Å²) in [7, 11) is 0. The normalized spacial score (nSPS) is 19.4. The minimum atomic E-state index is -0.649. The van der Waals surface area contributed by atoms with Crippen molar-refractivity contribution in [1.82, 2.24) is 0 Å². The monoisotopic (exact) mass is 134 g/mol. The van der Waals surface area contributed by atoms with Crippen molar-refractivity contribution in [2.24, 2.45) is 0 Å². The Morgan fingerprint density at radius 1 is 1.75 bits per heavy atom. The third-order valence-electron chi connectivity index (χ3n) is 0.773. The highest BCUT2D eigenvalue weighted by molar-refractivity contribution is 6.42. The molecule has 0 fully saturated rings. The average Bonchev–Trinajstić information content (AvgIpc) is 1.98. The van der Waals surface area contributed by atoms with Gasteiger partial charge in [0.2, 0.25) is 0 Å². The first kappa shape index (κ1) is 5.44. The second kappa shape index (κ2) is 1.67. The number of ether oxygens (including phenoxy) is 1. The van der Waals surface area contributed by atoms with E-state index >= 15 is 0 Å². The molecular weight excluding hydrogens is 131 g/mol. The molecule has 0 aromatic rings. The third kappa shape index (κ3) is 0.648. The molecule has 0 saturated heterocycles. The predicted octanol–water partition coefficient (Wildman–Crippen LogP) is 0.552. The first-order valence-electron chi connectivity index (χ1n) is 1.96. The highest BCUT2D eigenvalue weighted by atomic mass is 35.5.